The Morgan fingerprint density at radius 1 is 1.24 bits per heavy atom. The lowest BCUT2D eigenvalue weighted by atomic mass is 10.1. The first kappa shape index (κ1) is 12.3. The minimum atomic E-state index is -4.54. The largest absolute Gasteiger partial charge is 0.416 e. The van der Waals surface area contributed by atoms with Crippen LogP contribution in [0.3, 0.4) is 0 Å². The van der Waals surface area contributed by atoms with Gasteiger partial charge in [0, 0.05) is 9.86 Å². The van der Waals surface area contributed by atoms with Crippen molar-refractivity contribution in [2.45, 2.75) is 12.6 Å². The highest BCUT2D eigenvalue weighted by atomic mass is 79.9. The molecule has 17 heavy (non-hydrogen) atoms. The van der Waals surface area contributed by atoms with Gasteiger partial charge in [0.15, 0.2) is 0 Å². The number of aromatic nitrogens is 2. The summed E-state index contributed by atoms with van der Waals surface area (Å²) in [6.45, 7) is 0. The number of fused-ring (bicyclic) bond motifs is 1. The SMILES string of the molecule is FC(F)c1[nH]nc2cc(C(F)(F)F)cc(Br)c12. The van der Waals surface area contributed by atoms with Crippen LogP contribution in [0.2, 0.25) is 0 Å². The standard InChI is InChI=1S/C9H4BrF5N2/c10-4-1-3(9(13,14)15)2-5-6(4)7(8(11)12)17-16-5/h1-2,8H,(H,16,17). The molecule has 0 bridgehead atoms. The topological polar surface area (TPSA) is 28.7 Å². The van der Waals surface area contributed by atoms with E-state index in [1.807, 2.05) is 5.10 Å². The van der Waals surface area contributed by atoms with Crippen LogP contribution in [0.5, 0.6) is 0 Å². The average molecular weight is 315 g/mol. The summed E-state index contributed by atoms with van der Waals surface area (Å²) in [4.78, 5) is 0. The van der Waals surface area contributed by atoms with Crippen molar-refractivity contribution in [1.29, 1.82) is 0 Å². The van der Waals surface area contributed by atoms with Crippen LogP contribution in [-0.4, -0.2) is 10.2 Å². The molecule has 92 valence electrons. The van der Waals surface area contributed by atoms with E-state index in [0.29, 0.717) is 0 Å². The van der Waals surface area contributed by atoms with Crippen molar-refractivity contribution in [2.24, 2.45) is 0 Å². The van der Waals surface area contributed by atoms with Gasteiger partial charge in [0.1, 0.15) is 5.69 Å². The Kier molecular flexibility index (Phi) is 2.84. The minimum absolute atomic E-state index is 0.0343. The second-order valence-electron chi connectivity index (χ2n) is 3.29. The first-order valence-corrected chi connectivity index (χ1v) is 5.13. The van der Waals surface area contributed by atoms with Gasteiger partial charge in [-0.1, -0.05) is 15.9 Å². The molecule has 0 aliphatic heterocycles. The lowest BCUT2D eigenvalue weighted by Gasteiger charge is -2.07. The molecule has 2 aromatic rings. The molecule has 0 aliphatic rings. The van der Waals surface area contributed by atoms with Gasteiger partial charge < -0.3 is 0 Å². The third-order valence-electron chi connectivity index (χ3n) is 2.18. The number of H-pyrrole nitrogens is 1. The molecular weight excluding hydrogens is 311 g/mol. The fourth-order valence-corrected chi connectivity index (χ4v) is 2.11. The molecule has 0 atom stereocenters. The predicted octanol–water partition coefficient (Wildman–Crippen LogP) is 4.28. The van der Waals surface area contributed by atoms with Crippen molar-refractivity contribution in [3.63, 3.8) is 0 Å². The smallest absolute Gasteiger partial charge is 0.275 e. The van der Waals surface area contributed by atoms with Gasteiger partial charge in [-0.05, 0) is 12.1 Å². The summed E-state index contributed by atoms with van der Waals surface area (Å²) in [6.07, 6.45) is -7.37. The van der Waals surface area contributed by atoms with Gasteiger partial charge >= 0.3 is 6.18 Å². The molecular formula is C9H4BrF5N2. The van der Waals surface area contributed by atoms with Crippen LogP contribution in [0.15, 0.2) is 16.6 Å². The Hall–Kier alpha value is -1.18. The first-order chi connectivity index (χ1) is 7.80. The van der Waals surface area contributed by atoms with Crippen LogP contribution in [0.4, 0.5) is 22.0 Å². The molecule has 0 spiro atoms. The molecule has 0 saturated heterocycles. The summed E-state index contributed by atoms with van der Waals surface area (Å²) < 4.78 is 62.4. The molecule has 8 heteroatoms. The van der Waals surface area contributed by atoms with Gasteiger partial charge in [0.05, 0.1) is 11.1 Å². The zero-order chi connectivity index (χ0) is 12.8. The lowest BCUT2D eigenvalue weighted by Crippen LogP contribution is -2.04. The van der Waals surface area contributed by atoms with Gasteiger partial charge in [-0.2, -0.15) is 18.3 Å². The number of hydrogen-bond acceptors (Lipinski definition) is 1. The Morgan fingerprint density at radius 3 is 2.41 bits per heavy atom. The molecule has 0 amide bonds. The van der Waals surface area contributed by atoms with Gasteiger partial charge in [0.25, 0.3) is 6.43 Å². The van der Waals surface area contributed by atoms with Crippen LogP contribution < -0.4 is 0 Å². The van der Waals surface area contributed by atoms with E-state index in [1.54, 1.807) is 0 Å². The normalized spacial score (nSPS) is 12.6. The maximum atomic E-state index is 12.5. The van der Waals surface area contributed by atoms with E-state index in [4.69, 9.17) is 0 Å². The number of alkyl halides is 5. The number of halogens is 6. The molecule has 1 aromatic heterocycles. The summed E-state index contributed by atoms with van der Waals surface area (Å²) in [5.74, 6) is 0. The molecule has 1 aromatic carbocycles. The van der Waals surface area contributed by atoms with E-state index >= 15 is 0 Å². The Balaban J connectivity index is 2.70. The molecule has 0 unspecified atom stereocenters. The fraction of sp³-hybridized carbons (Fsp3) is 0.222. The lowest BCUT2D eigenvalue weighted by molar-refractivity contribution is -0.137. The van der Waals surface area contributed by atoms with Crippen LogP contribution in [-0.2, 0) is 6.18 Å². The van der Waals surface area contributed by atoms with Gasteiger partial charge in [-0.15, -0.1) is 0 Å². The summed E-state index contributed by atoms with van der Waals surface area (Å²) >= 11 is 2.85. The van der Waals surface area contributed by atoms with Crippen molar-refractivity contribution < 1.29 is 22.0 Å². The molecule has 0 fully saturated rings. The summed E-state index contributed by atoms with van der Waals surface area (Å²) in [5, 5.41) is 5.44. The van der Waals surface area contributed by atoms with Gasteiger partial charge in [-0.25, -0.2) is 8.78 Å². The Morgan fingerprint density at radius 2 is 1.88 bits per heavy atom. The summed E-state index contributed by atoms with van der Waals surface area (Å²) in [7, 11) is 0. The highest BCUT2D eigenvalue weighted by Crippen LogP contribution is 2.37. The number of nitrogens with one attached hydrogen (secondary N) is 1. The van der Waals surface area contributed by atoms with Crippen LogP contribution >= 0.6 is 15.9 Å². The third kappa shape index (κ3) is 2.13. The highest BCUT2D eigenvalue weighted by Gasteiger charge is 2.32. The van der Waals surface area contributed by atoms with Crippen LogP contribution in [0.1, 0.15) is 17.7 Å². The predicted molar refractivity (Wildman–Crippen MR) is 53.8 cm³/mol. The molecule has 0 radical (unpaired) electrons. The fourth-order valence-electron chi connectivity index (χ4n) is 1.44. The van der Waals surface area contributed by atoms with Crippen LogP contribution in [0.25, 0.3) is 10.9 Å². The highest BCUT2D eigenvalue weighted by molar-refractivity contribution is 9.10. The van der Waals surface area contributed by atoms with Gasteiger partial charge in [0.2, 0.25) is 0 Å². The zero-order valence-electron chi connectivity index (χ0n) is 7.95. The zero-order valence-corrected chi connectivity index (χ0v) is 9.53. The molecule has 1 heterocycles. The van der Waals surface area contributed by atoms with E-state index in [1.165, 1.54) is 0 Å². The maximum Gasteiger partial charge on any atom is 0.416 e. The number of rotatable bonds is 1. The number of benzene rings is 1. The van der Waals surface area contributed by atoms with Crippen molar-refractivity contribution in [3.05, 3.63) is 27.9 Å². The minimum Gasteiger partial charge on any atom is -0.275 e. The number of nitrogens with zero attached hydrogens (tertiary/aromatic N) is 1. The quantitative estimate of drug-likeness (QED) is 0.782. The second kappa shape index (κ2) is 3.94. The first-order valence-electron chi connectivity index (χ1n) is 4.33. The van der Waals surface area contributed by atoms with Crippen LogP contribution in [0, 0.1) is 0 Å². The van der Waals surface area contributed by atoms with E-state index in [0.717, 1.165) is 12.1 Å². The third-order valence-corrected chi connectivity index (χ3v) is 2.81. The average Bonchev–Trinajstić information content (AvgIpc) is 2.60. The molecule has 0 aliphatic carbocycles. The van der Waals surface area contributed by atoms with Gasteiger partial charge in [-0.3, -0.25) is 5.10 Å². The summed E-state index contributed by atoms with van der Waals surface area (Å²) in [5.41, 5.74) is -1.59. The second-order valence-corrected chi connectivity index (χ2v) is 4.14. The van der Waals surface area contributed by atoms with Crippen molar-refractivity contribution >= 4 is 26.8 Å². The van der Waals surface area contributed by atoms with E-state index in [9.17, 15) is 22.0 Å². The van der Waals surface area contributed by atoms with Crippen molar-refractivity contribution in [3.8, 4) is 0 Å². The number of hydrogen-bond donors (Lipinski definition) is 1. The number of aromatic amines is 1. The monoisotopic (exact) mass is 314 g/mol. The molecule has 2 rings (SSSR count). The van der Waals surface area contributed by atoms with Crippen molar-refractivity contribution in [1.82, 2.24) is 10.2 Å². The Labute approximate surface area is 99.9 Å². The molecule has 0 saturated carbocycles. The van der Waals surface area contributed by atoms with E-state index in [2.05, 4.69) is 21.0 Å². The van der Waals surface area contributed by atoms with Crippen molar-refractivity contribution in [2.75, 3.05) is 0 Å². The molecule has 2 nitrogen and oxygen atoms in total. The molecule has 1 N–H and O–H groups in total. The maximum absolute atomic E-state index is 12.5. The Bertz CT molecular complexity index is 560. The summed E-state index contributed by atoms with van der Waals surface area (Å²) in [6, 6.07) is 1.48. The van der Waals surface area contributed by atoms with E-state index < -0.39 is 23.9 Å². The van der Waals surface area contributed by atoms with E-state index in [-0.39, 0.29) is 15.4 Å².